The number of rotatable bonds is 4. The highest BCUT2D eigenvalue weighted by Gasteiger charge is 2.16. The zero-order chi connectivity index (χ0) is 14.0. The Balaban J connectivity index is 2.24. The molecule has 0 aliphatic rings. The first-order valence-electron chi connectivity index (χ1n) is 6.33. The molecule has 1 unspecified atom stereocenters. The number of nitrogens with zero attached hydrogens (tertiary/aromatic N) is 2. The Morgan fingerprint density at radius 3 is 2.63 bits per heavy atom. The molecule has 19 heavy (non-hydrogen) atoms. The molecule has 2 aromatic rings. The van der Waals surface area contributed by atoms with Crippen LogP contribution in [0.3, 0.4) is 0 Å². The summed E-state index contributed by atoms with van der Waals surface area (Å²) in [5.74, 6) is 0.728. The van der Waals surface area contributed by atoms with E-state index in [0.717, 1.165) is 28.3 Å². The van der Waals surface area contributed by atoms with Crippen molar-refractivity contribution in [3.05, 3.63) is 46.8 Å². The summed E-state index contributed by atoms with van der Waals surface area (Å²) in [6.45, 7) is 3.95. The molecule has 4 heteroatoms. The Morgan fingerprint density at radius 2 is 2.05 bits per heavy atom. The van der Waals surface area contributed by atoms with Crippen LogP contribution in [0.5, 0.6) is 5.75 Å². The number of methoxy groups -OCH3 is 1. The van der Waals surface area contributed by atoms with Crippen molar-refractivity contribution in [1.29, 1.82) is 0 Å². The van der Waals surface area contributed by atoms with Crippen LogP contribution in [-0.4, -0.2) is 22.0 Å². The number of aryl methyl sites for hydroxylation is 3. The van der Waals surface area contributed by atoms with Crippen LogP contribution >= 0.6 is 0 Å². The molecule has 1 atom stereocenters. The highest BCUT2D eigenvalue weighted by atomic mass is 16.5. The maximum absolute atomic E-state index is 10.4. The van der Waals surface area contributed by atoms with Gasteiger partial charge in [0.15, 0.2) is 0 Å². The van der Waals surface area contributed by atoms with Crippen molar-refractivity contribution < 1.29 is 9.84 Å². The lowest BCUT2D eigenvalue weighted by Crippen LogP contribution is -2.08. The van der Waals surface area contributed by atoms with E-state index >= 15 is 0 Å². The van der Waals surface area contributed by atoms with E-state index < -0.39 is 6.10 Å². The van der Waals surface area contributed by atoms with Crippen molar-refractivity contribution in [2.75, 3.05) is 7.11 Å². The quantitative estimate of drug-likeness (QED) is 0.917. The zero-order valence-corrected chi connectivity index (χ0v) is 11.8. The molecule has 1 aromatic carbocycles. The Morgan fingerprint density at radius 1 is 1.32 bits per heavy atom. The maximum Gasteiger partial charge on any atom is 0.124 e. The Labute approximate surface area is 113 Å². The molecule has 0 aliphatic carbocycles. The maximum atomic E-state index is 10.4. The van der Waals surface area contributed by atoms with Gasteiger partial charge in [-0.25, -0.2) is 0 Å². The predicted molar refractivity (Wildman–Crippen MR) is 74.3 cm³/mol. The molecule has 0 amide bonds. The van der Waals surface area contributed by atoms with Crippen LogP contribution in [0, 0.1) is 13.8 Å². The van der Waals surface area contributed by atoms with Gasteiger partial charge in [-0.15, -0.1) is 0 Å². The van der Waals surface area contributed by atoms with Crippen molar-refractivity contribution in [3.8, 4) is 5.75 Å². The second kappa shape index (κ2) is 5.45. The topological polar surface area (TPSA) is 47.3 Å². The molecule has 1 aromatic heterocycles. The van der Waals surface area contributed by atoms with Crippen LogP contribution in [0.25, 0.3) is 0 Å². The molecule has 2 rings (SSSR count). The number of aliphatic hydroxyl groups excluding tert-OH is 1. The van der Waals surface area contributed by atoms with Crippen molar-refractivity contribution in [3.63, 3.8) is 0 Å². The Hall–Kier alpha value is -1.81. The molecule has 4 nitrogen and oxygen atoms in total. The van der Waals surface area contributed by atoms with E-state index in [1.54, 1.807) is 11.8 Å². The van der Waals surface area contributed by atoms with Gasteiger partial charge in [-0.1, -0.05) is 12.1 Å². The van der Waals surface area contributed by atoms with E-state index in [1.165, 1.54) is 0 Å². The number of ether oxygens (including phenoxy) is 1. The van der Waals surface area contributed by atoms with E-state index in [4.69, 9.17) is 4.74 Å². The predicted octanol–water partition coefficient (Wildman–Crippen LogP) is 2.32. The molecule has 1 N–H and O–H groups in total. The number of hydrogen-bond donors (Lipinski definition) is 1. The molecule has 0 radical (unpaired) electrons. The van der Waals surface area contributed by atoms with Crippen molar-refractivity contribution in [1.82, 2.24) is 9.78 Å². The molecular formula is C15H20N2O2. The summed E-state index contributed by atoms with van der Waals surface area (Å²) < 4.78 is 7.14. The smallest absolute Gasteiger partial charge is 0.124 e. The van der Waals surface area contributed by atoms with Crippen LogP contribution in [0.4, 0.5) is 0 Å². The molecule has 1 heterocycles. The van der Waals surface area contributed by atoms with Crippen LogP contribution in [0.1, 0.15) is 28.6 Å². The third-order valence-electron chi connectivity index (χ3n) is 3.25. The van der Waals surface area contributed by atoms with Crippen molar-refractivity contribution in [2.24, 2.45) is 7.05 Å². The van der Waals surface area contributed by atoms with Gasteiger partial charge in [0, 0.05) is 24.7 Å². The molecule has 0 saturated carbocycles. The van der Waals surface area contributed by atoms with Gasteiger partial charge in [0.1, 0.15) is 5.75 Å². The average molecular weight is 260 g/mol. The lowest BCUT2D eigenvalue weighted by atomic mass is 10.0. The molecule has 0 fully saturated rings. The van der Waals surface area contributed by atoms with Crippen molar-refractivity contribution in [2.45, 2.75) is 26.4 Å². The largest absolute Gasteiger partial charge is 0.496 e. The second-order valence-corrected chi connectivity index (χ2v) is 4.87. The first kappa shape index (κ1) is 13.6. The highest BCUT2D eigenvalue weighted by molar-refractivity contribution is 5.39. The fraction of sp³-hybridized carbons (Fsp3) is 0.400. The summed E-state index contributed by atoms with van der Waals surface area (Å²) in [6.07, 6.45) is -0.0677. The van der Waals surface area contributed by atoms with Crippen LogP contribution in [0.2, 0.25) is 0 Å². The standard InChI is InChI=1S/C15H20N2O2/c1-10-5-6-13(15(7-10)19-4)14(18)9-12-8-11(2)16-17(12)3/h5-8,14,18H,9H2,1-4H3. The van der Waals surface area contributed by atoms with E-state index in [1.807, 2.05) is 45.2 Å². The van der Waals surface area contributed by atoms with Crippen molar-refractivity contribution >= 4 is 0 Å². The van der Waals surface area contributed by atoms with Crippen LogP contribution < -0.4 is 4.74 Å². The van der Waals surface area contributed by atoms with E-state index in [2.05, 4.69) is 5.10 Å². The minimum absolute atomic E-state index is 0.525. The minimum Gasteiger partial charge on any atom is -0.496 e. The van der Waals surface area contributed by atoms with Crippen LogP contribution in [-0.2, 0) is 13.5 Å². The number of hydrogen-bond acceptors (Lipinski definition) is 3. The van der Waals surface area contributed by atoms with E-state index in [-0.39, 0.29) is 0 Å². The SMILES string of the molecule is COc1cc(C)ccc1C(O)Cc1cc(C)nn1C. The van der Waals surface area contributed by atoms with Gasteiger partial charge in [0.05, 0.1) is 18.9 Å². The second-order valence-electron chi connectivity index (χ2n) is 4.87. The van der Waals surface area contributed by atoms with Gasteiger partial charge in [0.25, 0.3) is 0 Å². The number of aromatic nitrogens is 2. The summed E-state index contributed by atoms with van der Waals surface area (Å²) in [6, 6.07) is 7.83. The molecule has 0 saturated heterocycles. The molecule has 0 bridgehead atoms. The number of benzene rings is 1. The molecule has 0 spiro atoms. The van der Waals surface area contributed by atoms with Gasteiger partial charge < -0.3 is 9.84 Å². The van der Waals surface area contributed by atoms with E-state index in [0.29, 0.717) is 6.42 Å². The third-order valence-corrected chi connectivity index (χ3v) is 3.25. The van der Waals surface area contributed by atoms with Gasteiger partial charge in [-0.2, -0.15) is 5.10 Å². The summed E-state index contributed by atoms with van der Waals surface area (Å²) in [5, 5.41) is 14.7. The van der Waals surface area contributed by atoms with Gasteiger partial charge in [-0.05, 0) is 31.5 Å². The Bertz CT molecular complexity index is 576. The average Bonchev–Trinajstić information content (AvgIpc) is 2.67. The normalized spacial score (nSPS) is 12.5. The zero-order valence-electron chi connectivity index (χ0n) is 11.8. The monoisotopic (exact) mass is 260 g/mol. The molecular weight excluding hydrogens is 240 g/mol. The molecule has 102 valence electrons. The minimum atomic E-state index is -0.592. The van der Waals surface area contributed by atoms with E-state index in [9.17, 15) is 5.11 Å². The highest BCUT2D eigenvalue weighted by Crippen LogP contribution is 2.28. The summed E-state index contributed by atoms with van der Waals surface area (Å²) in [5.41, 5.74) is 3.89. The fourth-order valence-corrected chi connectivity index (χ4v) is 2.26. The number of aliphatic hydroxyl groups is 1. The third kappa shape index (κ3) is 2.96. The van der Waals surface area contributed by atoms with Gasteiger partial charge in [0.2, 0.25) is 0 Å². The fourth-order valence-electron chi connectivity index (χ4n) is 2.26. The molecule has 0 aliphatic heterocycles. The summed E-state index contributed by atoms with van der Waals surface area (Å²) in [7, 11) is 3.51. The van der Waals surface area contributed by atoms with Gasteiger partial charge >= 0.3 is 0 Å². The summed E-state index contributed by atoms with van der Waals surface area (Å²) in [4.78, 5) is 0. The summed E-state index contributed by atoms with van der Waals surface area (Å²) >= 11 is 0. The lowest BCUT2D eigenvalue weighted by molar-refractivity contribution is 0.171. The lowest BCUT2D eigenvalue weighted by Gasteiger charge is -2.15. The first-order chi connectivity index (χ1) is 9.01. The first-order valence-corrected chi connectivity index (χ1v) is 6.33. The van der Waals surface area contributed by atoms with Gasteiger partial charge in [-0.3, -0.25) is 4.68 Å². The Kier molecular flexibility index (Phi) is 3.90. The van der Waals surface area contributed by atoms with Crippen LogP contribution in [0.15, 0.2) is 24.3 Å².